The number of aliphatic carboxylic acids is 1. The summed E-state index contributed by atoms with van der Waals surface area (Å²) in [5.41, 5.74) is 11.4. The first-order chi connectivity index (χ1) is 19.8. The van der Waals surface area contributed by atoms with Gasteiger partial charge in [-0.2, -0.15) is 0 Å². The van der Waals surface area contributed by atoms with Crippen LogP contribution in [0.5, 0.6) is 0 Å². The van der Waals surface area contributed by atoms with E-state index in [1.807, 2.05) is 0 Å². The molecule has 0 aliphatic carbocycles. The first kappa shape index (κ1) is 33.5. The predicted molar refractivity (Wildman–Crippen MR) is 153 cm³/mol. The minimum Gasteiger partial charge on any atom is -0.481 e. The molecule has 0 aromatic heterocycles. The molecular weight excluding hydrogens is 548 g/mol. The molecule has 0 radical (unpaired) electrons. The number of likely N-dealkylation sites (N-methyl/N-ethyl adjacent to an activating group) is 1. The highest BCUT2D eigenvalue weighted by Gasteiger charge is 2.37. The fourth-order valence-corrected chi connectivity index (χ4v) is 4.58. The lowest BCUT2D eigenvalue weighted by Gasteiger charge is -2.34. The highest BCUT2D eigenvalue weighted by Crippen LogP contribution is 2.15. The molecule has 42 heavy (non-hydrogen) atoms. The second-order valence-electron chi connectivity index (χ2n) is 10.3. The first-order valence-corrected chi connectivity index (χ1v) is 13.6. The van der Waals surface area contributed by atoms with Gasteiger partial charge >= 0.3 is 5.97 Å². The highest BCUT2D eigenvalue weighted by molar-refractivity contribution is 5.98. The van der Waals surface area contributed by atoms with Gasteiger partial charge in [0.1, 0.15) is 24.2 Å². The van der Waals surface area contributed by atoms with Gasteiger partial charge in [0.2, 0.25) is 29.5 Å². The number of hydrogen-bond donors (Lipinski definition) is 7. The molecule has 230 valence electrons. The monoisotopic (exact) mass is 588 g/mol. The van der Waals surface area contributed by atoms with E-state index in [2.05, 4.69) is 26.3 Å². The maximum atomic E-state index is 13.8. The molecule has 0 spiro atoms. The molecule has 2 rings (SSSR count). The fraction of sp³-hybridized carbons (Fsp3) is 0.519. The van der Waals surface area contributed by atoms with E-state index < -0.39 is 78.6 Å². The lowest BCUT2D eigenvalue weighted by Crippen LogP contribution is -2.59. The number of hydrogen-bond acceptors (Lipinski definition) is 7. The van der Waals surface area contributed by atoms with E-state index in [4.69, 9.17) is 11.5 Å². The summed E-state index contributed by atoms with van der Waals surface area (Å²) in [5, 5.41) is 19.3. The average Bonchev–Trinajstić information content (AvgIpc) is 2.91. The van der Waals surface area contributed by atoms with Crippen molar-refractivity contribution < 1.29 is 33.9 Å². The van der Waals surface area contributed by atoms with Crippen molar-refractivity contribution in [1.82, 2.24) is 26.2 Å². The van der Waals surface area contributed by atoms with Gasteiger partial charge in [0.15, 0.2) is 5.96 Å². The van der Waals surface area contributed by atoms with E-state index in [-0.39, 0.29) is 25.3 Å². The lowest BCUT2D eigenvalue weighted by molar-refractivity contribution is -0.144. The Bertz CT molecular complexity index is 1170. The number of amides is 5. The molecule has 15 heteroatoms. The molecule has 1 aromatic carbocycles. The predicted octanol–water partition coefficient (Wildman–Crippen LogP) is -2.18. The number of rotatable bonds is 9. The van der Waals surface area contributed by atoms with Gasteiger partial charge in [0, 0.05) is 20.0 Å². The smallest absolute Gasteiger partial charge is 0.305 e. The van der Waals surface area contributed by atoms with Gasteiger partial charge in [0.05, 0.1) is 13.0 Å². The topological polar surface area (TPSA) is 238 Å². The number of nitrogens with two attached hydrogens (primary N) is 2. The Kier molecular flexibility index (Phi) is 12.7. The van der Waals surface area contributed by atoms with E-state index in [0.29, 0.717) is 12.0 Å². The summed E-state index contributed by atoms with van der Waals surface area (Å²) in [7, 11) is 1.42. The van der Waals surface area contributed by atoms with Crippen molar-refractivity contribution in [2.45, 2.75) is 63.7 Å². The first-order valence-electron chi connectivity index (χ1n) is 13.6. The van der Waals surface area contributed by atoms with Crippen molar-refractivity contribution in [1.29, 1.82) is 0 Å². The third-order valence-electron chi connectivity index (χ3n) is 6.59. The van der Waals surface area contributed by atoms with Gasteiger partial charge in [-0.15, -0.1) is 0 Å². The number of aliphatic imine (C=N–C) groups is 1. The standard InChI is InChI=1S/C27H40N8O7/c1-15(2)22-25(41)33-17(10-7-11-30-27(28)29)23(39)31-14-20(36)32-18(13-21(37)38)24(40)34-19(26(42)35(22)3)12-16-8-5-4-6-9-16/h4-6,8-9,15,17-19,22H,7,10-14H2,1-3H3,(H,31,39)(H,32,36)(H,33,41)(H,34,40)(H,37,38)(H4,28,29,30)/t17-,18-,19-,22-/m1/s1. The minimum atomic E-state index is -1.54. The van der Waals surface area contributed by atoms with Crippen LogP contribution in [-0.2, 0) is 35.2 Å². The third kappa shape index (κ3) is 10.4. The number of carbonyl (C=O) groups is 6. The third-order valence-corrected chi connectivity index (χ3v) is 6.59. The summed E-state index contributed by atoms with van der Waals surface area (Å²) < 4.78 is 0. The van der Waals surface area contributed by atoms with Crippen LogP contribution in [0.2, 0.25) is 0 Å². The van der Waals surface area contributed by atoms with Crippen molar-refractivity contribution in [3.63, 3.8) is 0 Å². The number of nitrogens with zero attached hydrogens (tertiary/aromatic N) is 2. The number of nitrogens with one attached hydrogen (secondary N) is 4. The molecule has 9 N–H and O–H groups in total. The van der Waals surface area contributed by atoms with E-state index in [9.17, 15) is 33.9 Å². The molecule has 5 amide bonds. The van der Waals surface area contributed by atoms with Crippen LogP contribution >= 0.6 is 0 Å². The summed E-state index contributed by atoms with van der Waals surface area (Å²) in [6, 6.07) is 3.92. The zero-order chi connectivity index (χ0) is 31.4. The summed E-state index contributed by atoms with van der Waals surface area (Å²) in [6.07, 6.45) is -0.322. The van der Waals surface area contributed by atoms with Crippen LogP contribution in [0.1, 0.15) is 38.7 Å². The molecule has 1 aliphatic rings. The summed E-state index contributed by atoms with van der Waals surface area (Å²) >= 11 is 0. The zero-order valence-corrected chi connectivity index (χ0v) is 24.0. The highest BCUT2D eigenvalue weighted by atomic mass is 16.4. The Morgan fingerprint density at radius 1 is 0.976 bits per heavy atom. The number of carboxylic acid groups (broad SMARTS) is 1. The largest absolute Gasteiger partial charge is 0.481 e. The second kappa shape index (κ2) is 15.9. The Labute approximate surface area is 243 Å². The van der Waals surface area contributed by atoms with Gasteiger partial charge in [-0.1, -0.05) is 44.2 Å². The van der Waals surface area contributed by atoms with Gasteiger partial charge in [-0.3, -0.25) is 33.8 Å². The van der Waals surface area contributed by atoms with Crippen molar-refractivity contribution in [2.24, 2.45) is 22.4 Å². The molecule has 4 atom stereocenters. The van der Waals surface area contributed by atoms with Crippen LogP contribution in [-0.4, -0.2) is 95.8 Å². The van der Waals surface area contributed by atoms with Crippen LogP contribution < -0.4 is 32.7 Å². The SMILES string of the molecule is CC(C)[C@@H]1C(=O)N[C@H](CCCN=C(N)N)C(=O)NCC(=O)N[C@H](CC(=O)O)C(=O)N[C@H](Cc2ccccc2)C(=O)N1C. The Morgan fingerprint density at radius 2 is 1.62 bits per heavy atom. The van der Waals surface area contributed by atoms with E-state index in [0.717, 1.165) is 0 Å². The van der Waals surface area contributed by atoms with E-state index in [1.54, 1.807) is 44.2 Å². The second-order valence-corrected chi connectivity index (χ2v) is 10.3. The van der Waals surface area contributed by atoms with Crippen molar-refractivity contribution in [3.05, 3.63) is 35.9 Å². The Hall–Kier alpha value is -4.69. The van der Waals surface area contributed by atoms with Crippen LogP contribution in [0.3, 0.4) is 0 Å². The molecule has 1 fully saturated rings. The van der Waals surface area contributed by atoms with Gasteiger partial charge in [-0.25, -0.2) is 0 Å². The number of carboxylic acids is 1. The summed E-state index contributed by atoms with van der Waals surface area (Å²) in [6.45, 7) is 3.04. The molecule has 1 aromatic rings. The number of carbonyl (C=O) groups excluding carboxylic acids is 5. The summed E-state index contributed by atoms with van der Waals surface area (Å²) in [4.78, 5) is 82.8. The summed E-state index contributed by atoms with van der Waals surface area (Å²) in [5.74, 6) is -5.58. The quantitative estimate of drug-likeness (QED) is 0.0942. The number of guanidine groups is 1. The van der Waals surface area contributed by atoms with Crippen LogP contribution in [0.25, 0.3) is 0 Å². The molecule has 15 nitrogen and oxygen atoms in total. The normalized spacial score (nSPS) is 22.7. The van der Waals surface area contributed by atoms with Crippen molar-refractivity contribution in [2.75, 3.05) is 20.1 Å². The van der Waals surface area contributed by atoms with Gasteiger partial charge in [0.25, 0.3) is 0 Å². The fourth-order valence-electron chi connectivity index (χ4n) is 4.58. The lowest BCUT2D eigenvalue weighted by atomic mass is 9.98. The molecule has 1 heterocycles. The zero-order valence-electron chi connectivity index (χ0n) is 24.0. The number of benzene rings is 1. The average molecular weight is 589 g/mol. The Morgan fingerprint density at radius 3 is 2.21 bits per heavy atom. The molecule has 1 aliphatic heterocycles. The molecule has 1 saturated heterocycles. The van der Waals surface area contributed by atoms with Gasteiger partial charge < -0.3 is 42.7 Å². The van der Waals surface area contributed by atoms with Crippen molar-refractivity contribution in [3.8, 4) is 0 Å². The minimum absolute atomic E-state index is 0.0311. The van der Waals surface area contributed by atoms with Crippen molar-refractivity contribution >= 4 is 41.5 Å². The van der Waals surface area contributed by atoms with Crippen LogP contribution in [0.4, 0.5) is 0 Å². The maximum absolute atomic E-state index is 13.8. The van der Waals surface area contributed by atoms with Crippen LogP contribution in [0, 0.1) is 5.92 Å². The van der Waals surface area contributed by atoms with Crippen LogP contribution in [0.15, 0.2) is 35.3 Å². The maximum Gasteiger partial charge on any atom is 0.305 e. The van der Waals surface area contributed by atoms with Gasteiger partial charge in [-0.05, 0) is 24.3 Å². The molecule has 0 bridgehead atoms. The molecular formula is C27H40N8O7. The van der Waals surface area contributed by atoms with E-state index in [1.165, 1.54) is 11.9 Å². The molecule has 0 unspecified atom stereocenters. The molecule has 0 saturated carbocycles. The Balaban J connectivity index is 2.50. The van der Waals surface area contributed by atoms with E-state index >= 15 is 0 Å².